The Morgan fingerprint density at radius 1 is 0.912 bits per heavy atom. The third kappa shape index (κ3) is 9.35. The molecule has 0 aliphatic carbocycles. The number of pyridine rings is 1. The SMILES string of the molecule is O=C(C=C(O)COc1ccc(Br)cc1)c1ccc(Br)cc1.[Ir].[c-]1ccccc1-c1ccccn1. The average Bonchev–Trinajstić information content (AvgIpc) is 2.85. The molecule has 0 aliphatic heterocycles. The van der Waals surface area contributed by atoms with E-state index in [-0.39, 0.29) is 38.3 Å². The van der Waals surface area contributed by atoms with E-state index >= 15 is 0 Å². The molecular formula is C27H20Br2IrNO3-. The first kappa shape index (κ1) is 27.7. The first-order valence-electron chi connectivity index (χ1n) is 9.97. The summed E-state index contributed by atoms with van der Waals surface area (Å²) < 4.78 is 7.22. The van der Waals surface area contributed by atoms with Crippen molar-refractivity contribution in [2.24, 2.45) is 0 Å². The normalized spacial score (nSPS) is 10.4. The van der Waals surface area contributed by atoms with Crippen LogP contribution in [-0.4, -0.2) is 22.5 Å². The quantitative estimate of drug-likeness (QED) is 0.0961. The summed E-state index contributed by atoms with van der Waals surface area (Å²) in [5.74, 6) is 0.236. The van der Waals surface area contributed by atoms with Gasteiger partial charge in [0.2, 0.25) is 0 Å². The molecule has 0 saturated heterocycles. The molecule has 0 unspecified atom stereocenters. The van der Waals surface area contributed by atoms with Gasteiger partial charge in [-0.05, 0) is 60.3 Å². The third-order valence-electron chi connectivity index (χ3n) is 4.28. The van der Waals surface area contributed by atoms with Crippen molar-refractivity contribution >= 4 is 37.6 Å². The number of halogens is 2. The predicted octanol–water partition coefficient (Wildman–Crippen LogP) is 7.46. The van der Waals surface area contributed by atoms with E-state index in [1.807, 2.05) is 54.6 Å². The Morgan fingerprint density at radius 3 is 2.15 bits per heavy atom. The van der Waals surface area contributed by atoms with Crippen molar-refractivity contribution < 1.29 is 34.7 Å². The molecule has 0 atom stereocenters. The molecule has 0 fully saturated rings. The van der Waals surface area contributed by atoms with Gasteiger partial charge >= 0.3 is 0 Å². The second-order valence-corrected chi connectivity index (χ2v) is 8.57. The van der Waals surface area contributed by atoms with E-state index in [2.05, 4.69) is 42.9 Å². The van der Waals surface area contributed by atoms with Gasteiger partial charge in [0.15, 0.2) is 5.78 Å². The molecule has 1 heterocycles. The summed E-state index contributed by atoms with van der Waals surface area (Å²) in [5.41, 5.74) is 2.52. The molecule has 0 bridgehead atoms. The van der Waals surface area contributed by atoms with Gasteiger partial charge in [0.05, 0.1) is 0 Å². The molecule has 0 aliphatic rings. The number of nitrogens with zero attached hydrogens (tertiary/aromatic N) is 1. The van der Waals surface area contributed by atoms with Crippen molar-refractivity contribution in [3.05, 3.63) is 130 Å². The van der Waals surface area contributed by atoms with Gasteiger partial charge < -0.3 is 14.8 Å². The van der Waals surface area contributed by atoms with Gasteiger partial charge in [-0.2, -0.15) is 0 Å². The van der Waals surface area contributed by atoms with Crippen molar-refractivity contribution in [3.8, 4) is 17.0 Å². The molecule has 1 N–H and O–H groups in total. The number of hydrogen-bond acceptors (Lipinski definition) is 4. The number of carbonyl (C=O) groups excluding carboxylic acids is 1. The van der Waals surface area contributed by atoms with Gasteiger partial charge in [0.25, 0.3) is 0 Å². The monoisotopic (exact) mass is 757 g/mol. The topological polar surface area (TPSA) is 59.4 Å². The molecule has 1 radical (unpaired) electrons. The van der Waals surface area contributed by atoms with Crippen LogP contribution >= 0.6 is 31.9 Å². The molecule has 175 valence electrons. The molecule has 0 spiro atoms. The Kier molecular flexibility index (Phi) is 11.9. The molecule has 4 nitrogen and oxygen atoms in total. The number of aliphatic hydroxyl groups excluding tert-OH is 1. The molecular weight excluding hydrogens is 738 g/mol. The number of carbonyl (C=O) groups is 1. The van der Waals surface area contributed by atoms with Crippen molar-refractivity contribution in [3.63, 3.8) is 0 Å². The predicted molar refractivity (Wildman–Crippen MR) is 137 cm³/mol. The summed E-state index contributed by atoms with van der Waals surface area (Å²) in [6.07, 6.45) is 2.96. The zero-order valence-electron chi connectivity index (χ0n) is 17.8. The summed E-state index contributed by atoms with van der Waals surface area (Å²) in [7, 11) is 0. The van der Waals surface area contributed by atoms with Gasteiger partial charge in [-0.3, -0.25) is 4.79 Å². The van der Waals surface area contributed by atoms with E-state index in [1.165, 1.54) is 6.08 Å². The van der Waals surface area contributed by atoms with Gasteiger partial charge in [-0.1, -0.05) is 44.0 Å². The van der Waals surface area contributed by atoms with Crippen LogP contribution in [0.15, 0.2) is 118 Å². The fourth-order valence-electron chi connectivity index (χ4n) is 2.65. The Balaban J connectivity index is 0.000000266. The standard InChI is InChI=1S/C16H12Br2O3.C11H8N.Ir/c17-12-3-1-11(2-4-12)16(20)9-14(19)10-21-15-7-5-13(18)6-8-15;1-2-6-10(7-3-1)11-8-4-5-9-12-11;/h1-9,19H,10H2;1-6,8-9H;/q;-1;. The van der Waals surface area contributed by atoms with Crippen LogP contribution in [0, 0.1) is 6.07 Å². The molecule has 1 aromatic heterocycles. The van der Waals surface area contributed by atoms with Crippen LogP contribution in [-0.2, 0) is 20.1 Å². The van der Waals surface area contributed by atoms with E-state index in [1.54, 1.807) is 42.6 Å². The Labute approximate surface area is 229 Å². The molecule has 0 amide bonds. The fraction of sp³-hybridized carbons (Fsp3) is 0.0370. The third-order valence-corrected chi connectivity index (χ3v) is 5.33. The van der Waals surface area contributed by atoms with Crippen LogP contribution in [0.4, 0.5) is 0 Å². The maximum Gasteiger partial charge on any atom is 0.189 e. The van der Waals surface area contributed by atoms with Gasteiger partial charge in [-0.15, -0.1) is 35.9 Å². The van der Waals surface area contributed by atoms with E-state index in [0.717, 1.165) is 20.2 Å². The number of allylic oxidation sites excluding steroid dienone is 1. The minimum atomic E-state index is -0.264. The van der Waals surface area contributed by atoms with Crippen molar-refractivity contribution in [1.82, 2.24) is 4.98 Å². The number of ketones is 1. The molecule has 4 aromatic rings. The van der Waals surface area contributed by atoms with Crippen LogP contribution in [0.2, 0.25) is 0 Å². The Hall–Kier alpha value is -2.57. The Bertz CT molecular complexity index is 1150. The molecule has 3 aromatic carbocycles. The van der Waals surface area contributed by atoms with E-state index in [4.69, 9.17) is 4.74 Å². The first-order valence-corrected chi connectivity index (χ1v) is 11.6. The zero-order chi connectivity index (χ0) is 23.5. The van der Waals surface area contributed by atoms with Gasteiger partial charge in [-0.25, -0.2) is 0 Å². The number of aromatic nitrogens is 1. The maximum absolute atomic E-state index is 11.9. The largest absolute Gasteiger partial charge is 0.509 e. The van der Waals surface area contributed by atoms with Crippen molar-refractivity contribution in [2.45, 2.75) is 0 Å². The number of hydrogen-bond donors (Lipinski definition) is 1. The van der Waals surface area contributed by atoms with Crippen LogP contribution < -0.4 is 4.74 Å². The van der Waals surface area contributed by atoms with Crippen LogP contribution in [0.1, 0.15) is 10.4 Å². The Morgan fingerprint density at radius 2 is 1.56 bits per heavy atom. The van der Waals surface area contributed by atoms with Crippen LogP contribution in [0.3, 0.4) is 0 Å². The van der Waals surface area contributed by atoms with Crippen molar-refractivity contribution in [1.29, 1.82) is 0 Å². The maximum atomic E-state index is 11.9. The first-order chi connectivity index (χ1) is 16.0. The van der Waals surface area contributed by atoms with E-state index in [0.29, 0.717) is 11.3 Å². The van der Waals surface area contributed by atoms with Crippen LogP contribution in [0.25, 0.3) is 11.3 Å². The summed E-state index contributed by atoms with van der Waals surface area (Å²) in [6, 6.07) is 31.0. The molecule has 0 saturated carbocycles. The average molecular weight is 758 g/mol. The smallest absolute Gasteiger partial charge is 0.189 e. The molecule has 4 rings (SSSR count). The molecule has 7 heteroatoms. The minimum absolute atomic E-state index is 0. The second-order valence-electron chi connectivity index (χ2n) is 6.74. The van der Waals surface area contributed by atoms with Gasteiger partial charge in [0.1, 0.15) is 18.1 Å². The number of rotatable bonds is 6. The van der Waals surface area contributed by atoms with Gasteiger partial charge in [0, 0.05) is 46.9 Å². The number of benzene rings is 3. The summed E-state index contributed by atoms with van der Waals surface area (Å²) in [5, 5.41) is 9.75. The minimum Gasteiger partial charge on any atom is -0.509 e. The fourth-order valence-corrected chi connectivity index (χ4v) is 3.18. The summed E-state index contributed by atoms with van der Waals surface area (Å²) >= 11 is 6.63. The summed E-state index contributed by atoms with van der Waals surface area (Å²) in [6.45, 7) is -0.0517. The van der Waals surface area contributed by atoms with Crippen LogP contribution in [0.5, 0.6) is 5.75 Å². The molecule has 34 heavy (non-hydrogen) atoms. The van der Waals surface area contributed by atoms with Crippen molar-refractivity contribution in [2.75, 3.05) is 6.61 Å². The number of aliphatic hydroxyl groups is 1. The van der Waals surface area contributed by atoms with E-state index in [9.17, 15) is 9.90 Å². The second kappa shape index (κ2) is 14.6. The van der Waals surface area contributed by atoms with E-state index < -0.39 is 0 Å². The number of ether oxygens (including phenoxy) is 1. The zero-order valence-corrected chi connectivity index (χ0v) is 23.4. The summed E-state index contributed by atoms with van der Waals surface area (Å²) in [4.78, 5) is 16.1.